The molecule has 1 aromatic carbocycles. The summed E-state index contributed by atoms with van der Waals surface area (Å²) in [4.78, 5) is 26.0. The van der Waals surface area contributed by atoms with Crippen LogP contribution >= 0.6 is 11.8 Å². The molecule has 0 aliphatic carbocycles. The van der Waals surface area contributed by atoms with Gasteiger partial charge < -0.3 is 14.4 Å². The minimum absolute atomic E-state index is 0.0836. The molecule has 0 aromatic heterocycles. The molecule has 0 spiro atoms. The minimum Gasteiger partial charge on any atom is -0.480 e. The number of rotatable bonds is 8. The third-order valence-corrected chi connectivity index (χ3v) is 11.2. The molecule has 1 aromatic rings. The number of carboxylic acid groups (broad SMARTS) is 1. The van der Waals surface area contributed by atoms with Crippen LogP contribution in [-0.2, 0) is 14.0 Å². The summed E-state index contributed by atoms with van der Waals surface area (Å²) in [6.07, 6.45) is 0.631. The summed E-state index contributed by atoms with van der Waals surface area (Å²) in [7, 11) is -1.85. The summed E-state index contributed by atoms with van der Waals surface area (Å²) < 4.78 is 6.21. The Hall–Kier alpha value is -1.31. The summed E-state index contributed by atoms with van der Waals surface area (Å²) in [6, 6.07) is 9.79. The number of benzene rings is 1. The van der Waals surface area contributed by atoms with Crippen molar-refractivity contribution < 1.29 is 19.1 Å². The summed E-state index contributed by atoms with van der Waals surface area (Å²) in [5.74, 6) is -1.25. The predicted molar refractivity (Wildman–Crippen MR) is 107 cm³/mol. The van der Waals surface area contributed by atoms with Crippen molar-refractivity contribution >= 4 is 32.0 Å². The molecule has 144 valence electrons. The van der Waals surface area contributed by atoms with Gasteiger partial charge in [-0.1, -0.05) is 39.0 Å². The van der Waals surface area contributed by atoms with Crippen LogP contribution in [-0.4, -0.2) is 48.7 Å². The average Bonchev–Trinajstić information content (AvgIpc) is 2.55. The second kappa shape index (κ2) is 8.15. The van der Waals surface area contributed by atoms with Gasteiger partial charge in [-0.05, 0) is 36.7 Å². The summed E-state index contributed by atoms with van der Waals surface area (Å²) >= 11 is 1.55. The van der Waals surface area contributed by atoms with E-state index in [1.807, 2.05) is 30.3 Å². The summed E-state index contributed by atoms with van der Waals surface area (Å²) in [5, 5.41) is 9.07. The summed E-state index contributed by atoms with van der Waals surface area (Å²) in [6.45, 7) is 11.3. The lowest BCUT2D eigenvalue weighted by Crippen LogP contribution is -2.60. The molecule has 1 N–H and O–H groups in total. The number of likely N-dealkylation sites (tertiary alicyclic amines) is 1. The number of nitrogens with zero attached hydrogens (tertiary/aromatic N) is 1. The molecule has 1 heterocycles. The van der Waals surface area contributed by atoms with Gasteiger partial charge in [0.15, 0.2) is 8.32 Å². The van der Waals surface area contributed by atoms with Crippen LogP contribution < -0.4 is 0 Å². The highest BCUT2D eigenvalue weighted by Crippen LogP contribution is 2.42. The second-order valence-corrected chi connectivity index (χ2v) is 14.2. The molecule has 1 amide bonds. The van der Waals surface area contributed by atoms with Crippen LogP contribution in [0.5, 0.6) is 0 Å². The van der Waals surface area contributed by atoms with E-state index in [1.165, 1.54) is 4.90 Å². The van der Waals surface area contributed by atoms with E-state index in [1.54, 1.807) is 11.8 Å². The molecule has 1 saturated heterocycles. The maximum atomic E-state index is 12.5. The highest BCUT2D eigenvalue weighted by Gasteiger charge is 2.48. The van der Waals surface area contributed by atoms with E-state index >= 15 is 0 Å². The van der Waals surface area contributed by atoms with Gasteiger partial charge in [0, 0.05) is 11.5 Å². The van der Waals surface area contributed by atoms with Crippen molar-refractivity contribution in [1.82, 2.24) is 4.90 Å². The molecule has 1 fully saturated rings. The van der Waals surface area contributed by atoms with Gasteiger partial charge in [0.2, 0.25) is 5.91 Å². The third-order valence-electron chi connectivity index (χ3n) is 5.26. The van der Waals surface area contributed by atoms with Crippen molar-refractivity contribution in [1.29, 1.82) is 0 Å². The fraction of sp³-hybridized carbons (Fsp3) is 0.579. The lowest BCUT2D eigenvalue weighted by Gasteiger charge is -2.46. The Kier molecular flexibility index (Phi) is 6.58. The first-order chi connectivity index (χ1) is 12.0. The quantitative estimate of drug-likeness (QED) is 0.531. The fourth-order valence-corrected chi connectivity index (χ4v) is 4.99. The van der Waals surface area contributed by atoms with E-state index in [-0.39, 0.29) is 28.8 Å². The lowest BCUT2D eigenvalue weighted by atomic mass is 9.95. The van der Waals surface area contributed by atoms with E-state index in [2.05, 4.69) is 33.9 Å². The number of hydrogen-bond acceptors (Lipinski definition) is 4. The first-order valence-corrected chi connectivity index (χ1v) is 12.7. The first kappa shape index (κ1) is 21.0. The molecular formula is C19H29NO4SSi. The van der Waals surface area contributed by atoms with Crippen molar-refractivity contribution in [3.8, 4) is 0 Å². The molecule has 2 atom stereocenters. The van der Waals surface area contributed by atoms with E-state index in [0.29, 0.717) is 13.0 Å². The maximum Gasteiger partial charge on any atom is 0.323 e. The highest BCUT2D eigenvalue weighted by molar-refractivity contribution is 8.00. The molecule has 0 saturated carbocycles. The predicted octanol–water partition coefficient (Wildman–Crippen LogP) is 4.06. The van der Waals surface area contributed by atoms with Crippen LogP contribution in [0.15, 0.2) is 35.2 Å². The Morgan fingerprint density at radius 1 is 1.27 bits per heavy atom. The van der Waals surface area contributed by atoms with Crippen molar-refractivity contribution in [2.45, 2.75) is 55.6 Å². The number of aliphatic carboxylic acids is 1. The van der Waals surface area contributed by atoms with E-state index in [9.17, 15) is 9.59 Å². The highest BCUT2D eigenvalue weighted by atomic mass is 32.2. The molecule has 5 nitrogen and oxygen atoms in total. The van der Waals surface area contributed by atoms with Gasteiger partial charge in [-0.3, -0.25) is 9.59 Å². The zero-order valence-electron chi connectivity index (χ0n) is 16.2. The van der Waals surface area contributed by atoms with Crippen LogP contribution in [0.1, 0.15) is 27.2 Å². The van der Waals surface area contributed by atoms with Crippen LogP contribution in [0.25, 0.3) is 0 Å². The van der Waals surface area contributed by atoms with Crippen molar-refractivity contribution in [3.63, 3.8) is 0 Å². The zero-order valence-corrected chi connectivity index (χ0v) is 18.0. The van der Waals surface area contributed by atoms with Gasteiger partial charge in [-0.15, -0.1) is 11.8 Å². The lowest BCUT2D eigenvalue weighted by molar-refractivity contribution is -0.158. The molecule has 7 heteroatoms. The average molecular weight is 396 g/mol. The standard InChI is InChI=1S/C19H29NO4SSi/c1-19(2,3)26(4,5)24-12-11-15-17(23)20(13-16(21)22)18(15)25-14-9-7-6-8-10-14/h6-10,15,18H,11-13H2,1-5H3,(H,21,22)/t15-,18+/m0/s1. The monoisotopic (exact) mass is 395 g/mol. The summed E-state index contributed by atoms with van der Waals surface area (Å²) in [5.41, 5.74) is 0. The molecule has 0 bridgehead atoms. The van der Waals surface area contributed by atoms with Crippen molar-refractivity contribution in [3.05, 3.63) is 30.3 Å². The largest absolute Gasteiger partial charge is 0.480 e. The molecule has 26 heavy (non-hydrogen) atoms. The Labute approximate surface area is 161 Å². The number of β-lactam (4-membered cyclic amide) rings is 1. The van der Waals surface area contributed by atoms with Crippen molar-refractivity contribution in [2.75, 3.05) is 13.2 Å². The molecule has 0 radical (unpaired) electrons. The van der Waals surface area contributed by atoms with Gasteiger partial charge in [0.25, 0.3) is 0 Å². The first-order valence-electron chi connectivity index (χ1n) is 8.91. The second-order valence-electron chi connectivity index (χ2n) is 8.19. The number of thioether (sulfide) groups is 1. The van der Waals surface area contributed by atoms with Gasteiger partial charge in [0.1, 0.15) is 6.54 Å². The van der Waals surface area contributed by atoms with Crippen LogP contribution in [0, 0.1) is 5.92 Å². The number of hydrogen-bond donors (Lipinski definition) is 1. The Morgan fingerprint density at radius 2 is 1.88 bits per heavy atom. The fourth-order valence-electron chi connectivity index (χ4n) is 2.62. The molecule has 2 rings (SSSR count). The van der Waals surface area contributed by atoms with Crippen molar-refractivity contribution in [2.24, 2.45) is 5.92 Å². The molecule has 0 unspecified atom stereocenters. The number of carboxylic acids is 1. The van der Waals surface area contributed by atoms with Gasteiger partial charge >= 0.3 is 5.97 Å². The third kappa shape index (κ3) is 4.90. The van der Waals surface area contributed by atoms with Crippen LogP contribution in [0.2, 0.25) is 18.1 Å². The maximum absolute atomic E-state index is 12.5. The molecule has 1 aliphatic heterocycles. The Balaban J connectivity index is 2.01. The SMILES string of the molecule is CC(C)(C)[Si](C)(C)OCC[C@H]1C(=O)N(CC(=O)O)[C@@H]1Sc1ccccc1. The molecular weight excluding hydrogens is 366 g/mol. The minimum atomic E-state index is -1.85. The molecule has 1 aliphatic rings. The Bertz CT molecular complexity index is 645. The smallest absolute Gasteiger partial charge is 0.323 e. The Morgan fingerprint density at radius 3 is 2.42 bits per heavy atom. The van der Waals surface area contributed by atoms with E-state index < -0.39 is 14.3 Å². The van der Waals surface area contributed by atoms with Gasteiger partial charge in [-0.2, -0.15) is 0 Å². The number of carbonyl (C=O) groups excluding carboxylic acids is 1. The topological polar surface area (TPSA) is 66.8 Å². The van der Waals surface area contributed by atoms with Crippen LogP contribution in [0.4, 0.5) is 0 Å². The zero-order chi connectivity index (χ0) is 19.5. The van der Waals surface area contributed by atoms with E-state index in [0.717, 1.165) is 4.90 Å². The van der Waals surface area contributed by atoms with Crippen LogP contribution in [0.3, 0.4) is 0 Å². The van der Waals surface area contributed by atoms with E-state index in [4.69, 9.17) is 9.53 Å². The normalized spacial score (nSPS) is 20.8. The van der Waals surface area contributed by atoms with Gasteiger partial charge in [0.05, 0.1) is 11.3 Å². The van der Waals surface area contributed by atoms with Gasteiger partial charge in [-0.25, -0.2) is 0 Å². The number of carbonyl (C=O) groups is 2. The number of amides is 1.